The van der Waals surface area contributed by atoms with Crippen LogP contribution in [0.5, 0.6) is 0 Å². The molecule has 116 valence electrons. The van der Waals surface area contributed by atoms with Crippen LogP contribution in [0.1, 0.15) is 43.7 Å². The Labute approximate surface area is 129 Å². The maximum atomic E-state index is 3.52. The molecule has 0 bridgehead atoms. The molecule has 1 aromatic carbocycles. The molecule has 2 atom stereocenters. The van der Waals surface area contributed by atoms with Crippen LogP contribution in [0.3, 0.4) is 0 Å². The summed E-state index contributed by atoms with van der Waals surface area (Å²) in [5, 5.41) is 3.52. The zero-order valence-corrected chi connectivity index (χ0v) is 13.5. The lowest BCUT2D eigenvalue weighted by atomic mass is 10.0. The number of rotatable bonds is 7. The maximum absolute atomic E-state index is 3.52. The van der Waals surface area contributed by atoms with Gasteiger partial charge in [-0.1, -0.05) is 37.6 Å². The second-order valence-electron chi connectivity index (χ2n) is 6.91. The minimum atomic E-state index is 1.00. The summed E-state index contributed by atoms with van der Waals surface area (Å²) in [4.78, 5) is 2.70. The Kier molecular flexibility index (Phi) is 5.32. The molecule has 2 nitrogen and oxygen atoms in total. The van der Waals surface area contributed by atoms with Crippen molar-refractivity contribution in [3.8, 4) is 0 Å². The summed E-state index contributed by atoms with van der Waals surface area (Å²) in [6.07, 6.45) is 6.81. The predicted molar refractivity (Wildman–Crippen MR) is 89.4 cm³/mol. The fourth-order valence-corrected chi connectivity index (χ4v) is 4.18. The summed E-state index contributed by atoms with van der Waals surface area (Å²) in [6.45, 7) is 8.32. The van der Waals surface area contributed by atoms with Gasteiger partial charge in [0.25, 0.3) is 0 Å². The molecule has 0 spiro atoms. The van der Waals surface area contributed by atoms with Gasteiger partial charge in [-0.15, -0.1) is 0 Å². The van der Waals surface area contributed by atoms with Crippen LogP contribution < -0.4 is 5.32 Å². The quantitative estimate of drug-likeness (QED) is 0.772. The highest BCUT2D eigenvalue weighted by Gasteiger charge is 2.35. The molecule has 1 saturated carbocycles. The highest BCUT2D eigenvalue weighted by Crippen LogP contribution is 2.38. The van der Waals surface area contributed by atoms with Crippen LogP contribution in [0.15, 0.2) is 24.3 Å². The molecular weight excluding hydrogens is 256 g/mol. The molecule has 1 aromatic rings. The van der Waals surface area contributed by atoms with Crippen molar-refractivity contribution >= 4 is 0 Å². The Bertz CT molecular complexity index is 431. The third kappa shape index (κ3) is 3.87. The van der Waals surface area contributed by atoms with E-state index in [1.165, 1.54) is 44.3 Å². The van der Waals surface area contributed by atoms with Crippen LogP contribution in [0.25, 0.3) is 0 Å². The second kappa shape index (κ2) is 7.42. The van der Waals surface area contributed by atoms with Crippen molar-refractivity contribution in [2.24, 2.45) is 11.8 Å². The molecule has 3 rings (SSSR count). The van der Waals surface area contributed by atoms with E-state index in [-0.39, 0.29) is 0 Å². The van der Waals surface area contributed by atoms with Gasteiger partial charge in [0, 0.05) is 19.6 Å². The molecule has 2 heteroatoms. The van der Waals surface area contributed by atoms with E-state index in [4.69, 9.17) is 0 Å². The standard InChI is InChI=1S/C19H30N2/c1-2-11-20-12-10-16-6-3-4-7-17(16)13-21-14-18-8-5-9-19(18)15-21/h3-4,6-7,18-20H,2,5,8-15H2,1H3. The fraction of sp³-hybridized carbons (Fsp3) is 0.684. The van der Waals surface area contributed by atoms with Gasteiger partial charge in [-0.3, -0.25) is 4.90 Å². The van der Waals surface area contributed by atoms with E-state index >= 15 is 0 Å². The first-order valence-electron chi connectivity index (χ1n) is 8.86. The monoisotopic (exact) mass is 286 g/mol. The van der Waals surface area contributed by atoms with Gasteiger partial charge in [0.15, 0.2) is 0 Å². The molecule has 1 saturated heterocycles. The molecule has 1 heterocycles. The minimum Gasteiger partial charge on any atom is -0.316 e. The van der Waals surface area contributed by atoms with Crippen molar-refractivity contribution in [3.05, 3.63) is 35.4 Å². The van der Waals surface area contributed by atoms with Crippen LogP contribution in [0, 0.1) is 11.8 Å². The normalized spacial score (nSPS) is 25.4. The van der Waals surface area contributed by atoms with E-state index in [0.717, 1.165) is 37.9 Å². The van der Waals surface area contributed by atoms with E-state index < -0.39 is 0 Å². The van der Waals surface area contributed by atoms with Crippen LogP contribution >= 0.6 is 0 Å². The molecular formula is C19H30N2. The van der Waals surface area contributed by atoms with Crippen LogP contribution in [0.4, 0.5) is 0 Å². The minimum absolute atomic E-state index is 1.00. The third-order valence-electron chi connectivity index (χ3n) is 5.31. The zero-order valence-electron chi connectivity index (χ0n) is 13.5. The molecule has 2 fully saturated rings. The summed E-state index contributed by atoms with van der Waals surface area (Å²) in [7, 11) is 0. The smallest absolute Gasteiger partial charge is 0.0236 e. The van der Waals surface area contributed by atoms with Gasteiger partial charge in [0.2, 0.25) is 0 Å². The first-order chi connectivity index (χ1) is 10.4. The lowest BCUT2D eigenvalue weighted by Gasteiger charge is -2.19. The Morgan fingerprint density at radius 2 is 1.76 bits per heavy atom. The number of fused-ring (bicyclic) bond motifs is 1. The topological polar surface area (TPSA) is 15.3 Å². The molecule has 1 N–H and O–H groups in total. The third-order valence-corrected chi connectivity index (χ3v) is 5.31. The fourth-order valence-electron chi connectivity index (χ4n) is 4.18. The van der Waals surface area contributed by atoms with Gasteiger partial charge in [0.05, 0.1) is 0 Å². The summed E-state index contributed by atoms with van der Waals surface area (Å²) in [5.41, 5.74) is 3.09. The predicted octanol–water partition coefficient (Wildman–Crippen LogP) is 3.46. The van der Waals surface area contributed by atoms with Crippen molar-refractivity contribution in [2.75, 3.05) is 26.2 Å². The SMILES string of the molecule is CCCNCCc1ccccc1CN1CC2CCCC2C1. The molecule has 21 heavy (non-hydrogen) atoms. The molecule has 0 radical (unpaired) electrons. The van der Waals surface area contributed by atoms with Crippen molar-refractivity contribution in [3.63, 3.8) is 0 Å². The zero-order chi connectivity index (χ0) is 14.5. The first-order valence-corrected chi connectivity index (χ1v) is 8.86. The molecule has 2 unspecified atom stereocenters. The van der Waals surface area contributed by atoms with Crippen LogP contribution in [0.2, 0.25) is 0 Å². The van der Waals surface area contributed by atoms with Crippen molar-refractivity contribution in [1.29, 1.82) is 0 Å². The summed E-state index contributed by atoms with van der Waals surface area (Å²) in [6, 6.07) is 9.05. The van der Waals surface area contributed by atoms with Gasteiger partial charge in [-0.2, -0.15) is 0 Å². The highest BCUT2D eigenvalue weighted by atomic mass is 15.2. The largest absolute Gasteiger partial charge is 0.316 e. The lowest BCUT2D eigenvalue weighted by Crippen LogP contribution is -2.23. The second-order valence-corrected chi connectivity index (χ2v) is 6.91. The maximum Gasteiger partial charge on any atom is 0.0236 e. The molecule has 2 aliphatic rings. The van der Waals surface area contributed by atoms with E-state index in [1.54, 1.807) is 5.56 Å². The number of likely N-dealkylation sites (tertiary alicyclic amines) is 1. The van der Waals surface area contributed by atoms with E-state index in [2.05, 4.69) is 41.4 Å². The van der Waals surface area contributed by atoms with Gasteiger partial charge in [-0.05, 0) is 61.7 Å². The Morgan fingerprint density at radius 3 is 2.48 bits per heavy atom. The number of hydrogen-bond donors (Lipinski definition) is 1. The number of nitrogens with zero attached hydrogens (tertiary/aromatic N) is 1. The van der Waals surface area contributed by atoms with Gasteiger partial charge in [0.1, 0.15) is 0 Å². The molecule has 0 amide bonds. The number of hydrogen-bond acceptors (Lipinski definition) is 2. The van der Waals surface area contributed by atoms with Crippen LogP contribution in [-0.2, 0) is 13.0 Å². The van der Waals surface area contributed by atoms with E-state index in [9.17, 15) is 0 Å². The summed E-state index contributed by atoms with van der Waals surface area (Å²) < 4.78 is 0. The molecule has 1 aliphatic heterocycles. The van der Waals surface area contributed by atoms with E-state index in [1.807, 2.05) is 0 Å². The Morgan fingerprint density at radius 1 is 1.05 bits per heavy atom. The number of benzene rings is 1. The molecule has 1 aliphatic carbocycles. The number of nitrogens with one attached hydrogen (secondary N) is 1. The average molecular weight is 286 g/mol. The van der Waals surface area contributed by atoms with Gasteiger partial charge in [-0.25, -0.2) is 0 Å². The van der Waals surface area contributed by atoms with Crippen molar-refractivity contribution in [1.82, 2.24) is 10.2 Å². The average Bonchev–Trinajstić information content (AvgIpc) is 3.06. The van der Waals surface area contributed by atoms with Crippen molar-refractivity contribution in [2.45, 2.75) is 45.6 Å². The Balaban J connectivity index is 1.55. The van der Waals surface area contributed by atoms with Crippen LogP contribution in [-0.4, -0.2) is 31.1 Å². The highest BCUT2D eigenvalue weighted by molar-refractivity contribution is 5.27. The summed E-state index contributed by atoms with van der Waals surface area (Å²) >= 11 is 0. The molecule has 0 aromatic heterocycles. The van der Waals surface area contributed by atoms with Crippen molar-refractivity contribution < 1.29 is 0 Å². The van der Waals surface area contributed by atoms with Gasteiger partial charge >= 0.3 is 0 Å². The first kappa shape index (κ1) is 15.1. The van der Waals surface area contributed by atoms with Gasteiger partial charge < -0.3 is 5.32 Å². The Hall–Kier alpha value is -0.860. The van der Waals surface area contributed by atoms with E-state index in [0.29, 0.717) is 0 Å². The summed E-state index contributed by atoms with van der Waals surface area (Å²) in [5.74, 6) is 2.01. The lowest BCUT2D eigenvalue weighted by molar-refractivity contribution is 0.302.